The van der Waals surface area contributed by atoms with Gasteiger partial charge in [-0.3, -0.25) is 0 Å². The number of anilines is 1. The van der Waals surface area contributed by atoms with Crippen LogP contribution in [0.2, 0.25) is 0 Å². The minimum atomic E-state index is -0.426. The Morgan fingerprint density at radius 2 is 2.05 bits per heavy atom. The van der Waals surface area contributed by atoms with E-state index in [-0.39, 0.29) is 0 Å². The number of rotatable bonds is 5. The molecule has 0 fully saturated rings. The van der Waals surface area contributed by atoms with E-state index in [2.05, 4.69) is 34.1 Å². The lowest BCUT2D eigenvalue weighted by atomic mass is 10.0. The second-order valence-corrected chi connectivity index (χ2v) is 4.61. The molecule has 2 aromatic rings. The Bertz CT molecular complexity index is 570. The summed E-state index contributed by atoms with van der Waals surface area (Å²) in [6.45, 7) is 2.94. The Balaban J connectivity index is 1.99. The number of hydrogen-bond acceptors (Lipinski definition) is 4. The molecule has 4 heteroatoms. The maximum Gasteiger partial charge on any atom is 0.356 e. The van der Waals surface area contributed by atoms with E-state index in [1.54, 1.807) is 12.3 Å². The van der Waals surface area contributed by atoms with Gasteiger partial charge in [0.05, 0.1) is 7.11 Å². The van der Waals surface area contributed by atoms with Gasteiger partial charge in [-0.25, -0.2) is 9.78 Å². The van der Waals surface area contributed by atoms with Gasteiger partial charge in [-0.05, 0) is 23.6 Å². The molecule has 2 rings (SSSR count). The summed E-state index contributed by atoms with van der Waals surface area (Å²) in [6.07, 6.45) is 1.60. The topological polar surface area (TPSA) is 51.2 Å². The van der Waals surface area contributed by atoms with Gasteiger partial charge in [0, 0.05) is 18.4 Å². The molecule has 4 nitrogen and oxygen atoms in total. The second-order valence-electron chi connectivity index (χ2n) is 4.61. The highest BCUT2D eigenvalue weighted by Crippen LogP contribution is 2.16. The lowest BCUT2D eigenvalue weighted by Gasteiger charge is -2.14. The van der Waals surface area contributed by atoms with Crippen LogP contribution in [0.5, 0.6) is 0 Å². The van der Waals surface area contributed by atoms with Gasteiger partial charge in [0.1, 0.15) is 5.69 Å². The lowest BCUT2D eigenvalue weighted by molar-refractivity contribution is 0.0594. The van der Waals surface area contributed by atoms with E-state index < -0.39 is 5.97 Å². The molecule has 0 aliphatic carbocycles. The Labute approximate surface area is 118 Å². The van der Waals surface area contributed by atoms with Crippen molar-refractivity contribution in [1.29, 1.82) is 0 Å². The molecule has 0 saturated heterocycles. The summed E-state index contributed by atoms with van der Waals surface area (Å²) in [5, 5.41) is 3.31. The number of carbonyl (C=O) groups is 1. The van der Waals surface area contributed by atoms with Crippen LogP contribution in [-0.2, 0) is 4.74 Å². The average Bonchev–Trinajstić information content (AvgIpc) is 2.53. The van der Waals surface area contributed by atoms with E-state index in [4.69, 9.17) is 0 Å². The van der Waals surface area contributed by atoms with Gasteiger partial charge >= 0.3 is 5.97 Å². The second kappa shape index (κ2) is 6.70. The van der Waals surface area contributed by atoms with E-state index in [9.17, 15) is 4.79 Å². The Morgan fingerprint density at radius 3 is 2.75 bits per heavy atom. The van der Waals surface area contributed by atoms with Crippen LogP contribution in [0.25, 0.3) is 0 Å². The van der Waals surface area contributed by atoms with Crippen molar-refractivity contribution in [2.45, 2.75) is 12.8 Å². The fraction of sp³-hybridized carbons (Fsp3) is 0.250. The van der Waals surface area contributed by atoms with E-state index in [1.807, 2.05) is 24.3 Å². The van der Waals surface area contributed by atoms with Crippen molar-refractivity contribution >= 4 is 11.7 Å². The van der Waals surface area contributed by atoms with E-state index in [1.165, 1.54) is 12.7 Å². The number of nitrogens with zero attached hydrogens (tertiary/aromatic N) is 1. The van der Waals surface area contributed by atoms with Crippen LogP contribution in [0.3, 0.4) is 0 Å². The molecule has 1 heterocycles. The summed E-state index contributed by atoms with van der Waals surface area (Å²) in [6, 6.07) is 13.8. The zero-order chi connectivity index (χ0) is 14.4. The zero-order valence-electron chi connectivity index (χ0n) is 11.7. The van der Waals surface area contributed by atoms with E-state index in [0.717, 1.165) is 12.2 Å². The SMILES string of the molecule is COC(=O)c1cc(NCC(C)c2ccccc2)ccn1. The van der Waals surface area contributed by atoms with Crippen LogP contribution >= 0.6 is 0 Å². The molecule has 1 N–H and O–H groups in total. The van der Waals surface area contributed by atoms with Crippen LogP contribution in [0.15, 0.2) is 48.7 Å². The summed E-state index contributed by atoms with van der Waals surface area (Å²) >= 11 is 0. The first-order chi connectivity index (χ1) is 9.70. The van der Waals surface area contributed by atoms with Gasteiger partial charge in [0.15, 0.2) is 0 Å². The van der Waals surface area contributed by atoms with Crippen LogP contribution in [0, 0.1) is 0 Å². The summed E-state index contributed by atoms with van der Waals surface area (Å²) in [5.41, 5.74) is 2.45. The average molecular weight is 270 g/mol. The minimum Gasteiger partial charge on any atom is -0.464 e. The van der Waals surface area contributed by atoms with E-state index in [0.29, 0.717) is 11.6 Å². The molecule has 1 atom stereocenters. The minimum absolute atomic E-state index is 0.310. The van der Waals surface area contributed by atoms with E-state index >= 15 is 0 Å². The predicted octanol–water partition coefficient (Wildman–Crippen LogP) is 3.08. The van der Waals surface area contributed by atoms with Crippen molar-refractivity contribution in [2.24, 2.45) is 0 Å². The first kappa shape index (κ1) is 14.1. The van der Waals surface area contributed by atoms with Crippen LogP contribution in [-0.4, -0.2) is 24.6 Å². The highest BCUT2D eigenvalue weighted by Gasteiger charge is 2.08. The highest BCUT2D eigenvalue weighted by molar-refractivity contribution is 5.88. The van der Waals surface area contributed by atoms with Crippen molar-refractivity contribution in [1.82, 2.24) is 4.98 Å². The third-order valence-corrected chi connectivity index (χ3v) is 3.14. The van der Waals surface area contributed by atoms with Crippen LogP contribution in [0.1, 0.15) is 28.9 Å². The fourth-order valence-corrected chi connectivity index (χ4v) is 1.93. The van der Waals surface area contributed by atoms with Crippen molar-refractivity contribution in [3.05, 3.63) is 59.9 Å². The van der Waals surface area contributed by atoms with Crippen LogP contribution < -0.4 is 5.32 Å². The molecular formula is C16H18N2O2. The molecule has 0 aliphatic heterocycles. The molecule has 104 valence electrons. The van der Waals surface area contributed by atoms with Gasteiger partial charge in [-0.1, -0.05) is 37.3 Å². The zero-order valence-corrected chi connectivity index (χ0v) is 11.7. The number of aromatic nitrogens is 1. The number of nitrogens with one attached hydrogen (secondary N) is 1. The number of carbonyl (C=O) groups excluding carboxylic acids is 1. The Hall–Kier alpha value is -2.36. The summed E-state index contributed by atoms with van der Waals surface area (Å²) in [4.78, 5) is 15.4. The fourth-order valence-electron chi connectivity index (χ4n) is 1.93. The van der Waals surface area contributed by atoms with Gasteiger partial charge in [0.2, 0.25) is 0 Å². The molecule has 0 spiro atoms. The Morgan fingerprint density at radius 1 is 1.30 bits per heavy atom. The van der Waals surface area contributed by atoms with Gasteiger partial charge < -0.3 is 10.1 Å². The number of ether oxygens (including phenoxy) is 1. The molecule has 0 saturated carbocycles. The van der Waals surface area contributed by atoms with Crippen LogP contribution in [0.4, 0.5) is 5.69 Å². The first-order valence-electron chi connectivity index (χ1n) is 6.54. The third kappa shape index (κ3) is 3.57. The lowest BCUT2D eigenvalue weighted by Crippen LogP contribution is -2.11. The first-order valence-corrected chi connectivity index (χ1v) is 6.54. The predicted molar refractivity (Wildman–Crippen MR) is 78.9 cm³/mol. The molecule has 0 bridgehead atoms. The number of hydrogen-bond donors (Lipinski definition) is 1. The normalized spacial score (nSPS) is 11.7. The summed E-state index contributed by atoms with van der Waals surface area (Å²) < 4.78 is 4.66. The molecule has 20 heavy (non-hydrogen) atoms. The standard InChI is InChI=1S/C16H18N2O2/c1-12(13-6-4-3-5-7-13)11-18-14-8-9-17-15(10-14)16(19)20-2/h3-10,12H,11H2,1-2H3,(H,17,18). The van der Waals surface area contributed by atoms with Crippen molar-refractivity contribution in [3.8, 4) is 0 Å². The monoisotopic (exact) mass is 270 g/mol. The number of pyridine rings is 1. The maximum atomic E-state index is 11.4. The molecular weight excluding hydrogens is 252 g/mol. The maximum absolute atomic E-state index is 11.4. The summed E-state index contributed by atoms with van der Waals surface area (Å²) in [5.74, 6) is -0.0456. The molecule has 1 aromatic heterocycles. The third-order valence-electron chi connectivity index (χ3n) is 3.14. The molecule has 1 aromatic carbocycles. The highest BCUT2D eigenvalue weighted by atomic mass is 16.5. The van der Waals surface area contributed by atoms with Gasteiger partial charge in [-0.2, -0.15) is 0 Å². The van der Waals surface area contributed by atoms with Crippen molar-refractivity contribution in [2.75, 3.05) is 19.0 Å². The van der Waals surface area contributed by atoms with Crippen molar-refractivity contribution < 1.29 is 9.53 Å². The Kier molecular flexibility index (Phi) is 4.71. The van der Waals surface area contributed by atoms with Gasteiger partial charge in [-0.15, -0.1) is 0 Å². The molecule has 0 radical (unpaired) electrons. The number of methoxy groups -OCH3 is 1. The molecule has 0 aliphatic rings. The number of benzene rings is 1. The molecule has 0 amide bonds. The summed E-state index contributed by atoms with van der Waals surface area (Å²) in [7, 11) is 1.35. The van der Waals surface area contributed by atoms with Gasteiger partial charge in [0.25, 0.3) is 0 Å². The molecule has 1 unspecified atom stereocenters. The largest absolute Gasteiger partial charge is 0.464 e. The quantitative estimate of drug-likeness (QED) is 0.848. The number of esters is 1. The van der Waals surface area contributed by atoms with Crippen molar-refractivity contribution in [3.63, 3.8) is 0 Å². The smallest absolute Gasteiger partial charge is 0.356 e.